The minimum atomic E-state index is -0.265. The predicted octanol–water partition coefficient (Wildman–Crippen LogP) is 1.60. The van der Waals surface area contributed by atoms with Crippen molar-refractivity contribution >= 4 is 23.6 Å². The summed E-state index contributed by atoms with van der Waals surface area (Å²) in [5.41, 5.74) is 1.87. The van der Waals surface area contributed by atoms with Crippen LogP contribution in [0.2, 0.25) is 0 Å². The van der Waals surface area contributed by atoms with Crippen LogP contribution in [-0.2, 0) is 21.8 Å². The molecule has 1 fully saturated rings. The summed E-state index contributed by atoms with van der Waals surface area (Å²) in [6, 6.07) is 9.96. The number of aromatic amines is 1. The summed E-state index contributed by atoms with van der Waals surface area (Å²) in [7, 11) is 0. The Balaban J connectivity index is 1.62. The molecular formula is C20H24N4O3S. The highest BCUT2D eigenvalue weighted by atomic mass is 32.2. The molecule has 2 heterocycles. The molecule has 0 atom stereocenters. The lowest BCUT2D eigenvalue weighted by Crippen LogP contribution is -2.50. The fourth-order valence-electron chi connectivity index (χ4n) is 3.12. The Kier molecular flexibility index (Phi) is 6.51. The molecular weight excluding hydrogens is 376 g/mol. The monoisotopic (exact) mass is 400 g/mol. The van der Waals surface area contributed by atoms with Gasteiger partial charge in [-0.1, -0.05) is 42.1 Å². The molecule has 0 bridgehead atoms. The van der Waals surface area contributed by atoms with E-state index in [1.807, 2.05) is 30.3 Å². The molecule has 1 aromatic heterocycles. The van der Waals surface area contributed by atoms with E-state index in [0.717, 1.165) is 5.56 Å². The van der Waals surface area contributed by atoms with Crippen LogP contribution in [-0.4, -0.2) is 57.8 Å². The lowest BCUT2D eigenvalue weighted by molar-refractivity contribution is -0.138. The van der Waals surface area contributed by atoms with E-state index in [1.54, 1.807) is 16.7 Å². The van der Waals surface area contributed by atoms with Crippen molar-refractivity contribution in [3.05, 3.63) is 57.5 Å². The molecule has 0 unspecified atom stereocenters. The quantitative estimate of drug-likeness (QED) is 0.609. The largest absolute Gasteiger partial charge is 0.339 e. The van der Waals surface area contributed by atoms with Crippen LogP contribution in [0.4, 0.5) is 0 Å². The normalized spacial score (nSPS) is 14.2. The molecule has 3 rings (SSSR count). The Hall–Kier alpha value is -2.61. The first-order chi connectivity index (χ1) is 13.4. The number of carbonyl (C=O) groups is 2. The third kappa shape index (κ3) is 5.01. The van der Waals surface area contributed by atoms with Crippen molar-refractivity contribution in [3.8, 4) is 0 Å². The van der Waals surface area contributed by atoms with Gasteiger partial charge < -0.3 is 14.8 Å². The van der Waals surface area contributed by atoms with E-state index in [4.69, 9.17) is 0 Å². The van der Waals surface area contributed by atoms with Crippen LogP contribution in [0.5, 0.6) is 0 Å². The lowest BCUT2D eigenvalue weighted by Gasteiger charge is -2.34. The van der Waals surface area contributed by atoms with Crippen LogP contribution in [0.1, 0.15) is 23.7 Å². The Bertz CT molecular complexity index is 905. The summed E-state index contributed by atoms with van der Waals surface area (Å²) in [5, 5.41) is 0.553. The number of hydrogen-bond acceptors (Lipinski definition) is 5. The van der Waals surface area contributed by atoms with Gasteiger partial charge in [-0.15, -0.1) is 0 Å². The Morgan fingerprint density at radius 2 is 1.75 bits per heavy atom. The van der Waals surface area contributed by atoms with Crippen LogP contribution in [0.25, 0.3) is 0 Å². The second-order valence-corrected chi connectivity index (χ2v) is 7.74. The number of benzene rings is 1. The van der Waals surface area contributed by atoms with E-state index in [9.17, 15) is 14.4 Å². The molecule has 1 saturated heterocycles. The van der Waals surface area contributed by atoms with Gasteiger partial charge in [0.1, 0.15) is 0 Å². The fraction of sp³-hybridized carbons (Fsp3) is 0.400. The minimum Gasteiger partial charge on any atom is -0.339 e. The maximum absolute atomic E-state index is 12.6. The van der Waals surface area contributed by atoms with Crippen molar-refractivity contribution in [2.45, 2.75) is 31.2 Å². The molecule has 7 nitrogen and oxygen atoms in total. The van der Waals surface area contributed by atoms with Crippen LogP contribution in [0, 0.1) is 6.92 Å². The molecule has 1 N–H and O–H groups in total. The van der Waals surface area contributed by atoms with Gasteiger partial charge in [-0.2, -0.15) is 0 Å². The van der Waals surface area contributed by atoms with E-state index in [0.29, 0.717) is 48.3 Å². The second-order valence-electron chi connectivity index (χ2n) is 6.77. The number of carbonyl (C=O) groups excluding carboxylic acids is 2. The molecule has 0 radical (unpaired) electrons. The van der Waals surface area contributed by atoms with E-state index in [-0.39, 0.29) is 23.8 Å². The van der Waals surface area contributed by atoms with Crippen molar-refractivity contribution in [3.63, 3.8) is 0 Å². The summed E-state index contributed by atoms with van der Waals surface area (Å²) < 4.78 is 0. The van der Waals surface area contributed by atoms with Crippen LogP contribution in [0.15, 0.2) is 40.3 Å². The topological polar surface area (TPSA) is 86.4 Å². The van der Waals surface area contributed by atoms with Crippen LogP contribution >= 0.6 is 11.8 Å². The lowest BCUT2D eigenvalue weighted by atomic mass is 10.1. The minimum absolute atomic E-state index is 0.0205. The molecule has 2 amide bonds. The number of nitrogens with one attached hydrogen (secondary N) is 1. The zero-order valence-electron chi connectivity index (χ0n) is 16.1. The molecule has 1 aliphatic rings. The molecule has 1 aliphatic heterocycles. The number of hydrogen-bond donors (Lipinski definition) is 1. The highest BCUT2D eigenvalue weighted by Crippen LogP contribution is 2.19. The molecule has 0 aliphatic carbocycles. The third-order valence-corrected chi connectivity index (χ3v) is 5.77. The molecule has 28 heavy (non-hydrogen) atoms. The summed E-state index contributed by atoms with van der Waals surface area (Å²) in [5.74, 6) is 0.623. The highest BCUT2D eigenvalue weighted by Gasteiger charge is 2.23. The Morgan fingerprint density at radius 1 is 1.11 bits per heavy atom. The van der Waals surface area contributed by atoms with Crippen molar-refractivity contribution < 1.29 is 9.59 Å². The van der Waals surface area contributed by atoms with Crippen LogP contribution < -0.4 is 5.56 Å². The SMILES string of the molecule is CC(=O)N1CCN(C(=O)Cc2c(C)nc(SCc3ccccc3)[nH]c2=O)CC1. The number of nitrogens with zero attached hydrogens (tertiary/aromatic N) is 3. The van der Waals surface area contributed by atoms with E-state index >= 15 is 0 Å². The zero-order chi connectivity index (χ0) is 20.1. The number of aromatic nitrogens is 2. The van der Waals surface area contributed by atoms with Crippen molar-refractivity contribution in [1.29, 1.82) is 0 Å². The number of thioether (sulfide) groups is 1. The van der Waals surface area contributed by atoms with Crippen LogP contribution in [0.3, 0.4) is 0 Å². The smallest absolute Gasteiger partial charge is 0.255 e. The third-order valence-electron chi connectivity index (χ3n) is 4.82. The molecule has 0 spiro atoms. The predicted molar refractivity (Wildman–Crippen MR) is 108 cm³/mol. The van der Waals surface area contributed by atoms with Gasteiger partial charge in [0.15, 0.2) is 5.16 Å². The first-order valence-electron chi connectivity index (χ1n) is 9.24. The molecule has 8 heteroatoms. The average Bonchev–Trinajstić information content (AvgIpc) is 2.70. The number of piperazine rings is 1. The fourth-order valence-corrected chi connectivity index (χ4v) is 3.98. The maximum Gasteiger partial charge on any atom is 0.255 e. The zero-order valence-corrected chi connectivity index (χ0v) is 16.9. The van der Waals surface area contributed by atoms with Gasteiger partial charge in [-0.3, -0.25) is 14.4 Å². The second kappa shape index (κ2) is 9.05. The van der Waals surface area contributed by atoms with Gasteiger partial charge in [0.25, 0.3) is 5.56 Å². The number of aryl methyl sites for hydroxylation is 1. The van der Waals surface area contributed by atoms with Gasteiger partial charge in [0.05, 0.1) is 6.42 Å². The number of H-pyrrole nitrogens is 1. The summed E-state index contributed by atoms with van der Waals surface area (Å²) in [6.45, 7) is 5.34. The summed E-state index contributed by atoms with van der Waals surface area (Å²) in [6.07, 6.45) is 0.0257. The van der Waals surface area contributed by atoms with Gasteiger partial charge in [-0.25, -0.2) is 4.98 Å². The van der Waals surface area contributed by atoms with Gasteiger partial charge in [0.2, 0.25) is 11.8 Å². The van der Waals surface area contributed by atoms with E-state index in [2.05, 4.69) is 9.97 Å². The first-order valence-corrected chi connectivity index (χ1v) is 10.2. The van der Waals surface area contributed by atoms with E-state index in [1.165, 1.54) is 18.7 Å². The number of rotatable bonds is 5. The van der Waals surface area contributed by atoms with Crippen molar-refractivity contribution in [1.82, 2.24) is 19.8 Å². The maximum atomic E-state index is 12.6. The highest BCUT2D eigenvalue weighted by molar-refractivity contribution is 7.98. The molecule has 0 saturated carbocycles. The average molecular weight is 401 g/mol. The number of amides is 2. The van der Waals surface area contributed by atoms with Crippen molar-refractivity contribution in [2.75, 3.05) is 26.2 Å². The summed E-state index contributed by atoms with van der Waals surface area (Å²) >= 11 is 1.46. The first kappa shape index (κ1) is 20.1. The van der Waals surface area contributed by atoms with Crippen molar-refractivity contribution in [2.24, 2.45) is 0 Å². The van der Waals surface area contributed by atoms with Gasteiger partial charge >= 0.3 is 0 Å². The molecule has 2 aromatic rings. The Labute approximate surface area is 168 Å². The van der Waals surface area contributed by atoms with Gasteiger partial charge in [-0.05, 0) is 12.5 Å². The van der Waals surface area contributed by atoms with Gasteiger partial charge in [0, 0.05) is 50.1 Å². The standard InChI is InChI=1S/C20H24N4O3S/c1-14-17(12-18(26)24-10-8-23(9-11-24)15(2)25)19(27)22-20(21-14)28-13-16-6-4-3-5-7-16/h3-7H,8-13H2,1-2H3,(H,21,22,27). The molecule has 148 valence electrons. The van der Waals surface area contributed by atoms with E-state index < -0.39 is 0 Å². The molecule has 1 aromatic carbocycles. The Morgan fingerprint density at radius 3 is 2.36 bits per heavy atom. The summed E-state index contributed by atoms with van der Waals surface area (Å²) in [4.78, 5) is 47.2.